The lowest BCUT2D eigenvalue weighted by Gasteiger charge is -2.05. The van der Waals surface area contributed by atoms with Gasteiger partial charge in [0.15, 0.2) is 0 Å². The van der Waals surface area contributed by atoms with Crippen molar-refractivity contribution in [2.24, 2.45) is 5.73 Å². The van der Waals surface area contributed by atoms with Gasteiger partial charge >= 0.3 is 0 Å². The van der Waals surface area contributed by atoms with Crippen LogP contribution < -0.4 is 5.73 Å². The molecular formula is C4H11NO3S2. The SMILES string of the molecule is NC(CCCS)S(=O)(=O)O. The number of hydrogen-bond acceptors (Lipinski definition) is 4. The van der Waals surface area contributed by atoms with E-state index in [2.05, 4.69) is 12.6 Å². The zero-order valence-corrected chi connectivity index (χ0v) is 7.11. The molecule has 1 unspecified atom stereocenters. The van der Waals surface area contributed by atoms with Gasteiger partial charge in [-0.25, -0.2) is 0 Å². The Labute approximate surface area is 66.0 Å². The van der Waals surface area contributed by atoms with Crippen LogP contribution >= 0.6 is 12.6 Å². The Morgan fingerprint density at radius 1 is 1.60 bits per heavy atom. The van der Waals surface area contributed by atoms with Crippen LogP contribution in [-0.2, 0) is 10.1 Å². The summed E-state index contributed by atoms with van der Waals surface area (Å²) in [5.41, 5.74) is 5.06. The second kappa shape index (κ2) is 4.17. The maximum Gasteiger partial charge on any atom is 0.280 e. The fraction of sp³-hybridized carbons (Fsp3) is 1.00. The number of thiol groups is 1. The smallest absolute Gasteiger partial charge is 0.280 e. The highest BCUT2D eigenvalue weighted by Crippen LogP contribution is 2.01. The van der Waals surface area contributed by atoms with Gasteiger partial charge in [0, 0.05) is 0 Å². The molecule has 0 aliphatic heterocycles. The Morgan fingerprint density at radius 3 is 2.40 bits per heavy atom. The Bertz CT molecular complexity index is 177. The van der Waals surface area contributed by atoms with Crippen molar-refractivity contribution in [3.63, 3.8) is 0 Å². The highest BCUT2D eigenvalue weighted by atomic mass is 32.2. The Kier molecular flexibility index (Phi) is 4.26. The fourth-order valence-electron chi connectivity index (χ4n) is 0.441. The molecule has 10 heavy (non-hydrogen) atoms. The van der Waals surface area contributed by atoms with E-state index in [1.807, 2.05) is 0 Å². The summed E-state index contributed by atoms with van der Waals surface area (Å²) in [6.07, 6.45) is 0.840. The van der Waals surface area contributed by atoms with Crippen molar-refractivity contribution in [2.45, 2.75) is 18.2 Å². The van der Waals surface area contributed by atoms with Crippen LogP contribution in [0, 0.1) is 0 Å². The highest BCUT2D eigenvalue weighted by molar-refractivity contribution is 7.86. The summed E-state index contributed by atoms with van der Waals surface area (Å²) in [5, 5.41) is -1.15. The van der Waals surface area contributed by atoms with Gasteiger partial charge in [-0.05, 0) is 18.6 Å². The van der Waals surface area contributed by atoms with Gasteiger partial charge in [0.1, 0.15) is 5.37 Å². The summed E-state index contributed by atoms with van der Waals surface area (Å²) >= 11 is 3.86. The van der Waals surface area contributed by atoms with E-state index in [1.165, 1.54) is 0 Å². The molecule has 0 aromatic heterocycles. The third kappa shape index (κ3) is 4.10. The summed E-state index contributed by atoms with van der Waals surface area (Å²) < 4.78 is 28.8. The molecule has 0 heterocycles. The summed E-state index contributed by atoms with van der Waals surface area (Å²) in [6, 6.07) is 0. The number of rotatable bonds is 4. The molecule has 0 aromatic carbocycles. The van der Waals surface area contributed by atoms with E-state index in [9.17, 15) is 8.42 Å². The second-order valence-electron chi connectivity index (χ2n) is 1.92. The van der Waals surface area contributed by atoms with E-state index in [-0.39, 0.29) is 6.42 Å². The molecule has 0 fully saturated rings. The summed E-state index contributed by atoms with van der Waals surface area (Å²) in [7, 11) is -4.03. The monoisotopic (exact) mass is 185 g/mol. The minimum absolute atomic E-state index is 0.252. The van der Waals surface area contributed by atoms with Crippen LogP contribution in [0.1, 0.15) is 12.8 Å². The first-order chi connectivity index (χ1) is 4.48. The van der Waals surface area contributed by atoms with Crippen LogP contribution in [0.4, 0.5) is 0 Å². The first-order valence-electron chi connectivity index (χ1n) is 2.81. The molecule has 0 bridgehead atoms. The average molecular weight is 185 g/mol. The molecule has 0 saturated carbocycles. The lowest BCUT2D eigenvalue weighted by atomic mass is 10.3. The molecule has 4 nitrogen and oxygen atoms in total. The first kappa shape index (κ1) is 10.2. The van der Waals surface area contributed by atoms with Crippen molar-refractivity contribution >= 4 is 22.7 Å². The van der Waals surface area contributed by atoms with Gasteiger partial charge in [0.05, 0.1) is 0 Å². The minimum Gasteiger partial charge on any atom is -0.313 e. The van der Waals surface area contributed by atoms with Crippen LogP contribution in [0.15, 0.2) is 0 Å². The van der Waals surface area contributed by atoms with Crippen LogP contribution in [0.25, 0.3) is 0 Å². The van der Waals surface area contributed by atoms with Crippen molar-refractivity contribution in [3.05, 3.63) is 0 Å². The van der Waals surface area contributed by atoms with E-state index < -0.39 is 15.5 Å². The van der Waals surface area contributed by atoms with Crippen molar-refractivity contribution in [1.82, 2.24) is 0 Å². The molecule has 0 rings (SSSR count). The van der Waals surface area contributed by atoms with Gasteiger partial charge in [-0.15, -0.1) is 0 Å². The van der Waals surface area contributed by atoms with E-state index in [0.717, 1.165) is 0 Å². The standard InChI is InChI=1S/C4H11NO3S2/c5-4(2-1-3-9)10(6,7)8/h4,9H,1-3,5H2,(H,6,7,8). The largest absolute Gasteiger partial charge is 0.313 e. The molecule has 0 aliphatic carbocycles. The van der Waals surface area contributed by atoms with E-state index in [4.69, 9.17) is 10.3 Å². The highest BCUT2D eigenvalue weighted by Gasteiger charge is 2.15. The lowest BCUT2D eigenvalue weighted by molar-refractivity contribution is 0.462. The van der Waals surface area contributed by atoms with Gasteiger partial charge < -0.3 is 5.73 Å². The molecule has 62 valence electrons. The molecule has 1 atom stereocenters. The van der Waals surface area contributed by atoms with Gasteiger partial charge in [0.2, 0.25) is 0 Å². The molecule has 0 aliphatic rings. The molecular weight excluding hydrogens is 174 g/mol. The quantitative estimate of drug-likeness (QED) is 0.421. The zero-order valence-electron chi connectivity index (χ0n) is 5.40. The molecule has 0 radical (unpaired) electrons. The van der Waals surface area contributed by atoms with Gasteiger partial charge in [-0.1, -0.05) is 0 Å². The molecule has 0 saturated heterocycles. The van der Waals surface area contributed by atoms with Gasteiger partial charge in [0.25, 0.3) is 10.1 Å². The van der Waals surface area contributed by atoms with Crippen LogP contribution in [0.3, 0.4) is 0 Å². The average Bonchev–Trinajstić information content (AvgIpc) is 1.80. The molecule has 0 aromatic rings. The number of nitrogens with two attached hydrogens (primary N) is 1. The normalized spacial score (nSPS) is 15.1. The Morgan fingerprint density at radius 2 is 2.10 bits per heavy atom. The maximum atomic E-state index is 10.2. The predicted molar refractivity (Wildman–Crippen MR) is 42.6 cm³/mol. The second-order valence-corrected chi connectivity index (χ2v) is 4.00. The van der Waals surface area contributed by atoms with E-state index >= 15 is 0 Å². The van der Waals surface area contributed by atoms with E-state index in [1.54, 1.807) is 0 Å². The van der Waals surface area contributed by atoms with E-state index in [0.29, 0.717) is 12.2 Å². The lowest BCUT2D eigenvalue weighted by Crippen LogP contribution is -2.29. The van der Waals surface area contributed by atoms with Crippen molar-refractivity contribution in [3.8, 4) is 0 Å². The van der Waals surface area contributed by atoms with Crippen molar-refractivity contribution < 1.29 is 13.0 Å². The fourth-order valence-corrected chi connectivity index (χ4v) is 1.09. The number of hydrogen-bond donors (Lipinski definition) is 3. The van der Waals surface area contributed by atoms with Gasteiger partial charge in [-0.2, -0.15) is 21.0 Å². The van der Waals surface area contributed by atoms with Crippen LogP contribution in [-0.4, -0.2) is 24.1 Å². The molecule has 3 N–H and O–H groups in total. The van der Waals surface area contributed by atoms with Crippen molar-refractivity contribution in [1.29, 1.82) is 0 Å². The minimum atomic E-state index is -4.03. The molecule has 6 heteroatoms. The summed E-state index contributed by atoms with van der Waals surface area (Å²) in [6.45, 7) is 0. The van der Waals surface area contributed by atoms with Crippen molar-refractivity contribution in [2.75, 3.05) is 5.75 Å². The zero-order chi connectivity index (χ0) is 8.20. The third-order valence-corrected chi connectivity index (χ3v) is 2.35. The summed E-state index contributed by atoms with van der Waals surface area (Å²) in [4.78, 5) is 0. The molecule has 0 spiro atoms. The maximum absolute atomic E-state index is 10.2. The van der Waals surface area contributed by atoms with Gasteiger partial charge in [-0.3, -0.25) is 4.55 Å². The Hall–Kier alpha value is 0.220. The topological polar surface area (TPSA) is 80.4 Å². The van der Waals surface area contributed by atoms with Crippen LogP contribution in [0.2, 0.25) is 0 Å². The predicted octanol–water partition coefficient (Wildman–Crippen LogP) is -0.131. The Balaban J connectivity index is 3.75. The first-order valence-corrected chi connectivity index (χ1v) is 4.95. The summed E-state index contributed by atoms with van der Waals surface area (Å²) in [5.74, 6) is 0.573. The van der Waals surface area contributed by atoms with Crippen LogP contribution in [0.5, 0.6) is 0 Å². The third-order valence-electron chi connectivity index (χ3n) is 1.03. The molecule has 0 amide bonds.